The number of esters is 1. The van der Waals surface area contributed by atoms with Gasteiger partial charge >= 0.3 is 5.97 Å². The lowest BCUT2D eigenvalue weighted by molar-refractivity contribution is -0.139. The molecule has 1 N–H and O–H groups in total. The van der Waals surface area contributed by atoms with Crippen LogP contribution in [0, 0.1) is 5.92 Å². The zero-order valence-electron chi connectivity index (χ0n) is 10.6. The van der Waals surface area contributed by atoms with E-state index >= 15 is 0 Å². The molecule has 2 fully saturated rings. The first kappa shape index (κ1) is 12.6. The molecule has 0 aromatic carbocycles. The summed E-state index contributed by atoms with van der Waals surface area (Å²) in [6.07, 6.45) is 3.13. The summed E-state index contributed by atoms with van der Waals surface area (Å²) in [5.74, 6) is 0.0259. The number of carbonyl (C=O) groups excluding carboxylic acids is 1. The Kier molecular flexibility index (Phi) is 3.84. The second kappa shape index (κ2) is 5.19. The predicted molar refractivity (Wildman–Crippen MR) is 64.5 cm³/mol. The highest BCUT2D eigenvalue weighted by Gasteiger charge is 2.43. The van der Waals surface area contributed by atoms with Gasteiger partial charge in [-0.1, -0.05) is 5.57 Å². The predicted octanol–water partition coefficient (Wildman–Crippen LogP) is 0.951. The van der Waals surface area contributed by atoms with E-state index in [0.717, 1.165) is 31.5 Å². The monoisotopic (exact) mass is 239 g/mol. The van der Waals surface area contributed by atoms with Crippen LogP contribution in [-0.4, -0.2) is 47.8 Å². The molecule has 2 heterocycles. The van der Waals surface area contributed by atoms with Crippen LogP contribution in [0.5, 0.6) is 0 Å². The van der Waals surface area contributed by atoms with Crippen LogP contribution >= 0.6 is 0 Å². The maximum Gasteiger partial charge on any atom is 0.330 e. The third-order valence-corrected chi connectivity index (χ3v) is 3.64. The number of aliphatic hydroxyl groups excluding tert-OH is 1. The summed E-state index contributed by atoms with van der Waals surface area (Å²) in [5.41, 5.74) is 0.948. The lowest BCUT2D eigenvalue weighted by atomic mass is 9.97. The van der Waals surface area contributed by atoms with Crippen LogP contribution in [0.2, 0.25) is 0 Å². The van der Waals surface area contributed by atoms with Crippen molar-refractivity contribution in [3.05, 3.63) is 11.6 Å². The van der Waals surface area contributed by atoms with Gasteiger partial charge in [-0.15, -0.1) is 0 Å². The number of aliphatic hydroxyl groups is 1. The van der Waals surface area contributed by atoms with Gasteiger partial charge in [0.25, 0.3) is 0 Å². The smallest absolute Gasteiger partial charge is 0.330 e. The Bertz CT molecular complexity index is 323. The Balaban J connectivity index is 1.84. The fraction of sp³-hybridized carbons (Fsp3) is 0.769. The van der Waals surface area contributed by atoms with Crippen molar-refractivity contribution in [2.75, 3.05) is 19.7 Å². The third kappa shape index (κ3) is 2.87. The van der Waals surface area contributed by atoms with Crippen molar-refractivity contribution in [1.29, 1.82) is 0 Å². The van der Waals surface area contributed by atoms with Crippen LogP contribution in [0.4, 0.5) is 0 Å². The molecule has 0 aromatic rings. The van der Waals surface area contributed by atoms with E-state index < -0.39 is 0 Å². The first-order valence-electron chi connectivity index (χ1n) is 6.31. The first-order chi connectivity index (χ1) is 8.08. The van der Waals surface area contributed by atoms with Crippen molar-refractivity contribution >= 4 is 5.97 Å². The van der Waals surface area contributed by atoms with E-state index in [9.17, 15) is 9.90 Å². The summed E-state index contributed by atoms with van der Waals surface area (Å²) in [6.45, 7) is 6.18. The average Bonchev–Trinajstić information content (AvgIpc) is 2.79. The van der Waals surface area contributed by atoms with Gasteiger partial charge in [0.2, 0.25) is 0 Å². The maximum atomic E-state index is 11.4. The Labute approximate surface area is 102 Å². The van der Waals surface area contributed by atoms with Crippen molar-refractivity contribution in [3.8, 4) is 0 Å². The number of ether oxygens (including phenoxy) is 1. The summed E-state index contributed by atoms with van der Waals surface area (Å²) in [4.78, 5) is 13.7. The molecule has 2 aliphatic heterocycles. The highest BCUT2D eigenvalue weighted by molar-refractivity contribution is 5.82. The molecule has 0 bridgehead atoms. The SMILES string of the molecule is CC(C)=CC(=O)OC[C@@H]1CCN2CC[C@H](O)[C@@H]12. The Morgan fingerprint density at radius 3 is 2.82 bits per heavy atom. The molecule has 4 nitrogen and oxygen atoms in total. The number of carbonyl (C=O) groups is 1. The molecule has 2 rings (SSSR count). The molecule has 0 spiro atoms. The molecular weight excluding hydrogens is 218 g/mol. The molecule has 2 saturated heterocycles. The van der Waals surface area contributed by atoms with Crippen molar-refractivity contribution in [2.24, 2.45) is 5.92 Å². The summed E-state index contributed by atoms with van der Waals surface area (Å²) >= 11 is 0. The van der Waals surface area contributed by atoms with Crippen molar-refractivity contribution in [2.45, 2.75) is 38.8 Å². The van der Waals surface area contributed by atoms with Gasteiger partial charge in [0, 0.05) is 24.6 Å². The fourth-order valence-corrected chi connectivity index (χ4v) is 2.89. The second-order valence-electron chi connectivity index (χ2n) is 5.28. The minimum absolute atomic E-state index is 0.203. The van der Waals surface area contributed by atoms with E-state index in [2.05, 4.69) is 4.90 Å². The average molecular weight is 239 g/mol. The molecule has 0 amide bonds. The highest BCUT2D eigenvalue weighted by Crippen LogP contribution is 2.33. The largest absolute Gasteiger partial charge is 0.462 e. The summed E-state index contributed by atoms with van der Waals surface area (Å²) in [6, 6.07) is 0.203. The molecule has 4 heteroatoms. The van der Waals surface area contributed by atoms with Crippen LogP contribution in [0.3, 0.4) is 0 Å². The van der Waals surface area contributed by atoms with Crippen molar-refractivity contribution < 1.29 is 14.6 Å². The molecular formula is C13H21NO3. The Morgan fingerprint density at radius 1 is 1.41 bits per heavy atom. The normalized spacial score (nSPS) is 32.3. The quantitative estimate of drug-likeness (QED) is 0.588. The van der Waals surface area contributed by atoms with Crippen LogP contribution < -0.4 is 0 Å². The fourth-order valence-electron chi connectivity index (χ4n) is 2.89. The zero-order valence-corrected chi connectivity index (χ0v) is 10.6. The second-order valence-corrected chi connectivity index (χ2v) is 5.28. The molecule has 96 valence electrons. The van der Waals surface area contributed by atoms with Gasteiger partial charge in [-0.25, -0.2) is 4.79 Å². The third-order valence-electron chi connectivity index (χ3n) is 3.64. The van der Waals surface area contributed by atoms with Gasteiger partial charge < -0.3 is 9.84 Å². The molecule has 3 atom stereocenters. The number of allylic oxidation sites excluding steroid dienone is 1. The maximum absolute atomic E-state index is 11.4. The van der Waals surface area contributed by atoms with Crippen LogP contribution in [0.1, 0.15) is 26.7 Å². The Hall–Kier alpha value is -0.870. The van der Waals surface area contributed by atoms with E-state index in [-0.39, 0.29) is 18.1 Å². The molecule has 2 aliphatic rings. The van der Waals surface area contributed by atoms with Crippen LogP contribution in [0.15, 0.2) is 11.6 Å². The number of nitrogens with zero attached hydrogens (tertiary/aromatic N) is 1. The van der Waals surface area contributed by atoms with Gasteiger partial charge in [0.05, 0.1) is 12.7 Å². The number of hydrogen-bond donors (Lipinski definition) is 1. The number of fused-ring (bicyclic) bond motifs is 1. The van der Waals surface area contributed by atoms with Crippen molar-refractivity contribution in [3.63, 3.8) is 0 Å². The van der Waals surface area contributed by atoms with E-state index in [1.807, 2.05) is 13.8 Å². The topological polar surface area (TPSA) is 49.8 Å². The molecule has 0 saturated carbocycles. The Morgan fingerprint density at radius 2 is 2.12 bits per heavy atom. The molecule has 0 aliphatic carbocycles. The standard InChI is InChI=1S/C13H21NO3/c1-9(2)7-12(16)17-8-10-3-5-14-6-4-11(15)13(10)14/h7,10-11,13,15H,3-6,8H2,1-2H3/t10-,11-,13+/m0/s1. The molecule has 0 radical (unpaired) electrons. The van der Waals surface area contributed by atoms with E-state index in [4.69, 9.17) is 4.74 Å². The van der Waals surface area contributed by atoms with Crippen LogP contribution in [0.25, 0.3) is 0 Å². The van der Waals surface area contributed by atoms with Gasteiger partial charge in [-0.3, -0.25) is 4.90 Å². The van der Waals surface area contributed by atoms with Gasteiger partial charge in [-0.2, -0.15) is 0 Å². The van der Waals surface area contributed by atoms with Gasteiger partial charge in [-0.05, 0) is 33.2 Å². The van der Waals surface area contributed by atoms with E-state index in [1.165, 1.54) is 6.08 Å². The first-order valence-corrected chi connectivity index (χ1v) is 6.31. The molecule has 17 heavy (non-hydrogen) atoms. The minimum Gasteiger partial charge on any atom is -0.462 e. The molecule has 0 aromatic heterocycles. The highest BCUT2D eigenvalue weighted by atomic mass is 16.5. The lowest BCUT2D eigenvalue weighted by Gasteiger charge is -2.22. The van der Waals surface area contributed by atoms with Crippen molar-refractivity contribution in [1.82, 2.24) is 4.90 Å². The summed E-state index contributed by atoms with van der Waals surface area (Å²) < 4.78 is 5.24. The minimum atomic E-state index is -0.268. The summed E-state index contributed by atoms with van der Waals surface area (Å²) in [5, 5.41) is 9.89. The molecule has 0 unspecified atom stereocenters. The lowest BCUT2D eigenvalue weighted by Crippen LogP contribution is -2.35. The van der Waals surface area contributed by atoms with Gasteiger partial charge in [0.15, 0.2) is 0 Å². The van der Waals surface area contributed by atoms with E-state index in [0.29, 0.717) is 12.5 Å². The summed E-state index contributed by atoms with van der Waals surface area (Å²) in [7, 11) is 0. The van der Waals surface area contributed by atoms with E-state index in [1.54, 1.807) is 0 Å². The number of hydrogen-bond acceptors (Lipinski definition) is 4. The number of rotatable bonds is 3. The zero-order chi connectivity index (χ0) is 12.4. The van der Waals surface area contributed by atoms with Crippen LogP contribution in [-0.2, 0) is 9.53 Å². The van der Waals surface area contributed by atoms with Gasteiger partial charge in [0.1, 0.15) is 0 Å².